The Kier molecular flexibility index (Phi) is 3.99. The number of hydrogen-bond acceptors (Lipinski definition) is 4. The summed E-state index contributed by atoms with van der Waals surface area (Å²) < 4.78 is 14.1. The highest BCUT2D eigenvalue weighted by atomic mass is 19.1. The number of pyridine rings is 1. The van der Waals surface area contributed by atoms with Gasteiger partial charge in [-0.1, -0.05) is 13.8 Å². The molecule has 1 unspecified atom stereocenters. The van der Waals surface area contributed by atoms with Crippen LogP contribution in [0.25, 0.3) is 0 Å². The van der Waals surface area contributed by atoms with Crippen LogP contribution in [0.4, 0.5) is 10.2 Å². The molecule has 6 heteroatoms. The van der Waals surface area contributed by atoms with E-state index in [1.807, 2.05) is 0 Å². The molecule has 0 radical (unpaired) electrons. The van der Waals surface area contributed by atoms with Gasteiger partial charge in [0.05, 0.1) is 5.56 Å². The number of hydrazine groups is 1. The standard InChI is InChI=1S/C13H19FN4O/c1-8(2)10-4-3-7-18(10)13(19)9-5-6-16-12(17-15)11(9)14/h5-6,8,10H,3-4,7,15H2,1-2H3,(H,16,17). The number of nitrogen functional groups attached to an aromatic ring is 1. The number of nitrogens with two attached hydrogens (primary N) is 1. The number of likely N-dealkylation sites (tertiary alicyclic amines) is 1. The number of halogens is 1. The van der Waals surface area contributed by atoms with Gasteiger partial charge in [-0.15, -0.1) is 0 Å². The zero-order chi connectivity index (χ0) is 14.0. The Morgan fingerprint density at radius 3 is 3.00 bits per heavy atom. The molecule has 3 N–H and O–H groups in total. The molecule has 0 bridgehead atoms. The largest absolute Gasteiger partial charge is 0.335 e. The molecule has 1 aromatic heterocycles. The van der Waals surface area contributed by atoms with Crippen molar-refractivity contribution in [2.24, 2.45) is 11.8 Å². The van der Waals surface area contributed by atoms with E-state index in [1.165, 1.54) is 12.3 Å². The lowest BCUT2D eigenvalue weighted by Gasteiger charge is -2.28. The van der Waals surface area contributed by atoms with Crippen molar-refractivity contribution in [3.63, 3.8) is 0 Å². The Morgan fingerprint density at radius 1 is 1.63 bits per heavy atom. The van der Waals surface area contributed by atoms with Gasteiger partial charge in [-0.3, -0.25) is 4.79 Å². The minimum atomic E-state index is -0.690. The lowest BCUT2D eigenvalue weighted by molar-refractivity contribution is 0.0696. The van der Waals surface area contributed by atoms with Crippen LogP contribution >= 0.6 is 0 Å². The predicted molar refractivity (Wildman–Crippen MR) is 70.9 cm³/mol. The van der Waals surface area contributed by atoms with Crippen molar-refractivity contribution < 1.29 is 9.18 Å². The van der Waals surface area contributed by atoms with E-state index in [-0.39, 0.29) is 23.3 Å². The molecule has 19 heavy (non-hydrogen) atoms. The zero-order valence-electron chi connectivity index (χ0n) is 11.2. The molecular weight excluding hydrogens is 247 g/mol. The summed E-state index contributed by atoms with van der Waals surface area (Å²) in [5.74, 6) is 4.46. The van der Waals surface area contributed by atoms with Gasteiger partial charge in [-0.05, 0) is 24.8 Å². The molecule has 1 amide bonds. The first-order valence-corrected chi connectivity index (χ1v) is 6.48. The van der Waals surface area contributed by atoms with Crippen molar-refractivity contribution in [2.45, 2.75) is 32.7 Å². The molecule has 0 saturated carbocycles. The Morgan fingerprint density at radius 2 is 2.37 bits per heavy atom. The van der Waals surface area contributed by atoms with Gasteiger partial charge < -0.3 is 10.3 Å². The molecular formula is C13H19FN4O. The SMILES string of the molecule is CC(C)C1CCCN1C(=O)c1ccnc(NN)c1F. The van der Waals surface area contributed by atoms with E-state index in [0.717, 1.165) is 12.8 Å². The van der Waals surface area contributed by atoms with Crippen LogP contribution < -0.4 is 11.3 Å². The summed E-state index contributed by atoms with van der Waals surface area (Å²) in [7, 11) is 0. The summed E-state index contributed by atoms with van der Waals surface area (Å²) in [6, 6.07) is 1.57. The molecule has 2 heterocycles. The second-order valence-electron chi connectivity index (χ2n) is 5.12. The molecule has 1 aliphatic heterocycles. The normalized spacial score (nSPS) is 19.0. The van der Waals surface area contributed by atoms with Gasteiger partial charge in [0.15, 0.2) is 11.6 Å². The number of aromatic nitrogens is 1. The van der Waals surface area contributed by atoms with Crippen molar-refractivity contribution in [1.29, 1.82) is 0 Å². The number of nitrogens with one attached hydrogen (secondary N) is 1. The van der Waals surface area contributed by atoms with Crippen LogP contribution in [0, 0.1) is 11.7 Å². The number of amides is 1. The third kappa shape index (κ3) is 2.53. The maximum Gasteiger partial charge on any atom is 0.257 e. The quantitative estimate of drug-likeness (QED) is 0.646. The predicted octanol–water partition coefficient (Wildman–Crippen LogP) is 1.77. The zero-order valence-corrected chi connectivity index (χ0v) is 11.2. The van der Waals surface area contributed by atoms with Crippen molar-refractivity contribution >= 4 is 11.7 Å². The molecule has 5 nitrogen and oxygen atoms in total. The Balaban J connectivity index is 2.29. The smallest absolute Gasteiger partial charge is 0.257 e. The van der Waals surface area contributed by atoms with Crippen LogP contribution in [0.5, 0.6) is 0 Å². The fraction of sp³-hybridized carbons (Fsp3) is 0.538. The minimum Gasteiger partial charge on any atom is -0.335 e. The van der Waals surface area contributed by atoms with E-state index in [9.17, 15) is 9.18 Å². The molecule has 104 valence electrons. The van der Waals surface area contributed by atoms with Crippen LogP contribution in [0.2, 0.25) is 0 Å². The van der Waals surface area contributed by atoms with Gasteiger partial charge in [-0.2, -0.15) is 0 Å². The lowest BCUT2D eigenvalue weighted by Crippen LogP contribution is -2.39. The van der Waals surface area contributed by atoms with Crippen LogP contribution in [0.3, 0.4) is 0 Å². The third-order valence-electron chi connectivity index (χ3n) is 3.59. The van der Waals surface area contributed by atoms with E-state index in [1.54, 1.807) is 4.90 Å². The molecule has 1 aliphatic rings. The Labute approximate surface area is 112 Å². The molecule has 1 saturated heterocycles. The van der Waals surface area contributed by atoms with Crippen molar-refractivity contribution in [2.75, 3.05) is 12.0 Å². The van der Waals surface area contributed by atoms with Gasteiger partial charge in [-0.25, -0.2) is 15.2 Å². The Bertz CT molecular complexity index is 478. The number of rotatable bonds is 3. The van der Waals surface area contributed by atoms with Gasteiger partial charge in [0.25, 0.3) is 5.91 Å². The van der Waals surface area contributed by atoms with E-state index in [4.69, 9.17) is 5.84 Å². The number of carbonyl (C=O) groups is 1. The monoisotopic (exact) mass is 266 g/mol. The van der Waals surface area contributed by atoms with E-state index < -0.39 is 5.82 Å². The number of nitrogens with zero attached hydrogens (tertiary/aromatic N) is 2. The van der Waals surface area contributed by atoms with Crippen molar-refractivity contribution in [1.82, 2.24) is 9.88 Å². The fourth-order valence-electron chi connectivity index (χ4n) is 2.60. The van der Waals surface area contributed by atoms with Crippen LogP contribution in [0.1, 0.15) is 37.0 Å². The number of carbonyl (C=O) groups excluding carboxylic acids is 1. The maximum absolute atomic E-state index is 14.1. The Hall–Kier alpha value is -1.69. The average molecular weight is 266 g/mol. The third-order valence-corrected chi connectivity index (χ3v) is 3.59. The first-order valence-electron chi connectivity index (χ1n) is 6.48. The van der Waals surface area contributed by atoms with Gasteiger partial charge in [0, 0.05) is 18.8 Å². The maximum atomic E-state index is 14.1. The second kappa shape index (κ2) is 5.52. The molecule has 0 spiro atoms. The molecule has 1 atom stereocenters. The second-order valence-corrected chi connectivity index (χ2v) is 5.12. The highest BCUT2D eigenvalue weighted by Gasteiger charge is 2.32. The van der Waals surface area contributed by atoms with Crippen LogP contribution in [-0.4, -0.2) is 28.4 Å². The van der Waals surface area contributed by atoms with E-state index >= 15 is 0 Å². The topological polar surface area (TPSA) is 71.2 Å². The van der Waals surface area contributed by atoms with Crippen molar-refractivity contribution in [3.05, 3.63) is 23.6 Å². The first kappa shape index (κ1) is 13.7. The van der Waals surface area contributed by atoms with Gasteiger partial charge in [0.2, 0.25) is 0 Å². The summed E-state index contributed by atoms with van der Waals surface area (Å²) in [6.07, 6.45) is 3.31. The first-order chi connectivity index (χ1) is 9.06. The van der Waals surface area contributed by atoms with Crippen molar-refractivity contribution in [3.8, 4) is 0 Å². The highest BCUT2D eigenvalue weighted by Crippen LogP contribution is 2.26. The van der Waals surface area contributed by atoms with Gasteiger partial charge >= 0.3 is 0 Å². The molecule has 0 aliphatic carbocycles. The number of anilines is 1. The summed E-state index contributed by atoms with van der Waals surface area (Å²) in [5.41, 5.74) is 2.18. The van der Waals surface area contributed by atoms with Crippen LogP contribution in [-0.2, 0) is 0 Å². The number of hydrogen-bond donors (Lipinski definition) is 2. The molecule has 0 aromatic carbocycles. The average Bonchev–Trinajstić information content (AvgIpc) is 2.87. The summed E-state index contributed by atoms with van der Waals surface area (Å²) in [5, 5.41) is 0. The fourth-order valence-corrected chi connectivity index (χ4v) is 2.60. The summed E-state index contributed by atoms with van der Waals surface area (Å²) >= 11 is 0. The van der Waals surface area contributed by atoms with E-state index in [0.29, 0.717) is 12.5 Å². The molecule has 2 rings (SSSR count). The van der Waals surface area contributed by atoms with Crippen LogP contribution in [0.15, 0.2) is 12.3 Å². The summed E-state index contributed by atoms with van der Waals surface area (Å²) in [4.78, 5) is 17.9. The summed E-state index contributed by atoms with van der Waals surface area (Å²) in [6.45, 7) is 4.83. The highest BCUT2D eigenvalue weighted by molar-refractivity contribution is 5.95. The van der Waals surface area contributed by atoms with E-state index in [2.05, 4.69) is 24.3 Å². The van der Waals surface area contributed by atoms with Gasteiger partial charge in [0.1, 0.15) is 0 Å². The molecule has 1 aromatic rings. The molecule has 1 fully saturated rings. The lowest BCUT2D eigenvalue weighted by atomic mass is 10.0. The minimum absolute atomic E-state index is 0.0236.